The van der Waals surface area contributed by atoms with Gasteiger partial charge in [0.05, 0.1) is 19.6 Å². The summed E-state index contributed by atoms with van der Waals surface area (Å²) in [6, 6.07) is 12.4. The Morgan fingerprint density at radius 2 is 1.85 bits per heavy atom. The standard InChI is InChI=1S/C19H20FNO5/c1-25-12-14-4-2-3-13(9-14)10-18(22)21-11-17(19(23)24)26-16-7-5-15(20)6-8-16/h2-9,17H,10-12H2,1H3,(H,21,22)(H,23,24). The number of carbonyl (C=O) groups excluding carboxylic acids is 1. The second kappa shape index (κ2) is 9.53. The molecule has 0 spiro atoms. The summed E-state index contributed by atoms with van der Waals surface area (Å²) < 4.78 is 23.2. The molecule has 0 aliphatic rings. The van der Waals surface area contributed by atoms with Crippen molar-refractivity contribution in [1.82, 2.24) is 5.32 Å². The van der Waals surface area contributed by atoms with E-state index >= 15 is 0 Å². The molecule has 0 heterocycles. The molecule has 0 aliphatic heterocycles. The highest BCUT2D eigenvalue weighted by Gasteiger charge is 2.20. The maximum atomic E-state index is 12.9. The minimum Gasteiger partial charge on any atom is -0.478 e. The van der Waals surface area contributed by atoms with Crippen molar-refractivity contribution in [3.05, 3.63) is 65.5 Å². The highest BCUT2D eigenvalue weighted by atomic mass is 19.1. The van der Waals surface area contributed by atoms with E-state index in [-0.39, 0.29) is 24.6 Å². The van der Waals surface area contributed by atoms with E-state index in [0.29, 0.717) is 6.61 Å². The Morgan fingerprint density at radius 1 is 1.15 bits per heavy atom. The van der Waals surface area contributed by atoms with Gasteiger partial charge in [-0.3, -0.25) is 4.79 Å². The minimum atomic E-state index is -1.27. The first kappa shape index (κ1) is 19.4. The zero-order valence-electron chi connectivity index (χ0n) is 14.3. The average molecular weight is 361 g/mol. The summed E-state index contributed by atoms with van der Waals surface area (Å²) in [5.74, 6) is -1.79. The third-order valence-electron chi connectivity index (χ3n) is 3.52. The highest BCUT2D eigenvalue weighted by molar-refractivity contribution is 5.80. The average Bonchev–Trinajstić information content (AvgIpc) is 2.60. The number of benzene rings is 2. The van der Waals surface area contributed by atoms with Crippen LogP contribution in [0, 0.1) is 5.82 Å². The number of hydrogen-bond donors (Lipinski definition) is 2. The lowest BCUT2D eigenvalue weighted by Gasteiger charge is -2.16. The Morgan fingerprint density at radius 3 is 2.50 bits per heavy atom. The van der Waals surface area contributed by atoms with E-state index in [1.807, 2.05) is 24.3 Å². The van der Waals surface area contributed by atoms with Crippen molar-refractivity contribution in [3.8, 4) is 5.75 Å². The molecule has 2 rings (SSSR count). The van der Waals surface area contributed by atoms with E-state index in [0.717, 1.165) is 11.1 Å². The number of carboxylic acid groups (broad SMARTS) is 1. The van der Waals surface area contributed by atoms with Gasteiger partial charge in [-0.2, -0.15) is 0 Å². The van der Waals surface area contributed by atoms with Crippen LogP contribution in [0.4, 0.5) is 4.39 Å². The Balaban J connectivity index is 1.89. The van der Waals surface area contributed by atoms with Crippen molar-refractivity contribution in [2.75, 3.05) is 13.7 Å². The lowest BCUT2D eigenvalue weighted by atomic mass is 10.1. The molecule has 0 fully saturated rings. The van der Waals surface area contributed by atoms with Crippen molar-refractivity contribution in [2.45, 2.75) is 19.1 Å². The number of hydrogen-bond acceptors (Lipinski definition) is 4. The van der Waals surface area contributed by atoms with Gasteiger partial charge in [-0.25, -0.2) is 9.18 Å². The zero-order chi connectivity index (χ0) is 18.9. The number of carboxylic acids is 1. The van der Waals surface area contributed by atoms with Gasteiger partial charge in [0.1, 0.15) is 11.6 Å². The maximum Gasteiger partial charge on any atom is 0.346 e. The van der Waals surface area contributed by atoms with Gasteiger partial charge in [0.2, 0.25) is 12.0 Å². The molecule has 2 N–H and O–H groups in total. The van der Waals surface area contributed by atoms with Gasteiger partial charge in [0, 0.05) is 7.11 Å². The number of ether oxygens (including phenoxy) is 2. The molecule has 0 aromatic heterocycles. The summed E-state index contributed by atoms with van der Waals surface area (Å²) in [5.41, 5.74) is 1.74. The maximum absolute atomic E-state index is 12.9. The number of nitrogens with one attached hydrogen (secondary N) is 1. The van der Waals surface area contributed by atoms with E-state index in [9.17, 15) is 19.1 Å². The molecule has 2 aromatic carbocycles. The second-order valence-electron chi connectivity index (χ2n) is 5.63. The van der Waals surface area contributed by atoms with Crippen molar-refractivity contribution >= 4 is 11.9 Å². The van der Waals surface area contributed by atoms with Crippen LogP contribution in [-0.4, -0.2) is 36.7 Å². The minimum absolute atomic E-state index is 0.112. The van der Waals surface area contributed by atoms with Crippen LogP contribution in [-0.2, 0) is 27.4 Å². The van der Waals surface area contributed by atoms with Crippen LogP contribution in [0.1, 0.15) is 11.1 Å². The van der Waals surface area contributed by atoms with E-state index in [4.69, 9.17) is 9.47 Å². The zero-order valence-corrected chi connectivity index (χ0v) is 14.3. The summed E-state index contributed by atoms with van der Waals surface area (Å²) in [6.45, 7) is 0.241. The first-order chi connectivity index (χ1) is 12.5. The first-order valence-corrected chi connectivity index (χ1v) is 7.96. The highest BCUT2D eigenvalue weighted by Crippen LogP contribution is 2.13. The molecule has 2 aromatic rings. The predicted molar refractivity (Wildman–Crippen MR) is 92.3 cm³/mol. The van der Waals surface area contributed by atoms with Crippen LogP contribution < -0.4 is 10.1 Å². The van der Waals surface area contributed by atoms with Gasteiger partial charge in [0.15, 0.2) is 0 Å². The number of carbonyl (C=O) groups is 2. The van der Waals surface area contributed by atoms with E-state index < -0.39 is 17.9 Å². The molecule has 1 atom stereocenters. The largest absolute Gasteiger partial charge is 0.478 e. The molecular formula is C19H20FNO5. The van der Waals surface area contributed by atoms with Crippen LogP contribution in [0.2, 0.25) is 0 Å². The van der Waals surface area contributed by atoms with Gasteiger partial charge in [-0.05, 0) is 35.4 Å². The number of rotatable bonds is 9. The van der Waals surface area contributed by atoms with Gasteiger partial charge in [-0.15, -0.1) is 0 Å². The van der Waals surface area contributed by atoms with Crippen molar-refractivity contribution in [2.24, 2.45) is 0 Å². The SMILES string of the molecule is COCc1cccc(CC(=O)NCC(Oc2ccc(F)cc2)C(=O)O)c1. The summed E-state index contributed by atoms with van der Waals surface area (Å²) in [4.78, 5) is 23.4. The van der Waals surface area contributed by atoms with E-state index in [1.54, 1.807) is 7.11 Å². The molecule has 1 unspecified atom stereocenters. The van der Waals surface area contributed by atoms with Gasteiger partial charge in [0.25, 0.3) is 0 Å². The first-order valence-electron chi connectivity index (χ1n) is 7.96. The third kappa shape index (κ3) is 6.18. The van der Waals surface area contributed by atoms with Crippen molar-refractivity contribution < 1.29 is 28.6 Å². The fourth-order valence-electron chi connectivity index (χ4n) is 2.31. The Bertz CT molecular complexity index is 748. The van der Waals surface area contributed by atoms with Crippen LogP contribution in [0.25, 0.3) is 0 Å². The number of amides is 1. The van der Waals surface area contributed by atoms with Crippen molar-refractivity contribution in [1.29, 1.82) is 0 Å². The number of halogens is 1. The van der Waals surface area contributed by atoms with Gasteiger partial charge >= 0.3 is 5.97 Å². The van der Waals surface area contributed by atoms with Crippen molar-refractivity contribution in [3.63, 3.8) is 0 Å². The van der Waals surface area contributed by atoms with Crippen LogP contribution in [0.3, 0.4) is 0 Å². The van der Waals surface area contributed by atoms with Crippen LogP contribution in [0.15, 0.2) is 48.5 Å². The summed E-state index contributed by atoms with van der Waals surface area (Å²) in [7, 11) is 1.59. The van der Waals surface area contributed by atoms with Crippen LogP contribution >= 0.6 is 0 Å². The fraction of sp³-hybridized carbons (Fsp3) is 0.263. The summed E-state index contributed by atoms with van der Waals surface area (Å²) in [6.07, 6.45) is -1.16. The molecule has 0 radical (unpaired) electrons. The summed E-state index contributed by atoms with van der Waals surface area (Å²) >= 11 is 0. The quantitative estimate of drug-likeness (QED) is 0.715. The van der Waals surface area contributed by atoms with E-state index in [1.165, 1.54) is 24.3 Å². The molecule has 0 saturated carbocycles. The Labute approximate surface area is 150 Å². The Hall–Kier alpha value is -2.93. The molecule has 26 heavy (non-hydrogen) atoms. The summed E-state index contributed by atoms with van der Waals surface area (Å²) in [5, 5.41) is 11.8. The van der Waals surface area contributed by atoms with Crippen LogP contribution in [0.5, 0.6) is 5.75 Å². The molecule has 6 nitrogen and oxygen atoms in total. The molecular weight excluding hydrogens is 341 g/mol. The molecule has 0 saturated heterocycles. The predicted octanol–water partition coefficient (Wildman–Crippen LogP) is 2.16. The fourth-order valence-corrected chi connectivity index (χ4v) is 2.31. The molecule has 0 bridgehead atoms. The van der Waals surface area contributed by atoms with E-state index in [2.05, 4.69) is 5.32 Å². The molecule has 7 heteroatoms. The number of methoxy groups -OCH3 is 1. The third-order valence-corrected chi connectivity index (χ3v) is 3.52. The number of aliphatic carboxylic acids is 1. The second-order valence-corrected chi connectivity index (χ2v) is 5.63. The lowest BCUT2D eigenvalue weighted by Crippen LogP contribution is -2.40. The normalized spacial score (nSPS) is 11.6. The topological polar surface area (TPSA) is 84.9 Å². The van der Waals surface area contributed by atoms with Gasteiger partial charge in [-0.1, -0.05) is 24.3 Å². The molecule has 0 aliphatic carbocycles. The monoisotopic (exact) mass is 361 g/mol. The Kier molecular flexibility index (Phi) is 7.11. The smallest absolute Gasteiger partial charge is 0.346 e. The molecule has 1 amide bonds. The van der Waals surface area contributed by atoms with Gasteiger partial charge < -0.3 is 19.9 Å². The lowest BCUT2D eigenvalue weighted by molar-refractivity contribution is -0.145. The molecule has 138 valence electrons.